The van der Waals surface area contributed by atoms with Crippen molar-refractivity contribution in [1.29, 1.82) is 0 Å². The molecule has 0 bridgehead atoms. The molecule has 0 amide bonds. The molecule has 0 radical (unpaired) electrons. The van der Waals surface area contributed by atoms with Gasteiger partial charge in [0.2, 0.25) is 0 Å². The van der Waals surface area contributed by atoms with Crippen LogP contribution in [0.1, 0.15) is 5.69 Å². The monoisotopic (exact) mass is 174 g/mol. The van der Waals surface area contributed by atoms with E-state index in [0.717, 1.165) is 12.3 Å². The van der Waals surface area contributed by atoms with E-state index in [-0.39, 0.29) is 10.6 Å². The Morgan fingerprint density at radius 1 is 1.73 bits per heavy atom. The van der Waals surface area contributed by atoms with Crippen molar-refractivity contribution < 1.29 is 13.2 Å². The maximum absolute atomic E-state index is 12.6. The lowest BCUT2D eigenvalue weighted by Crippen LogP contribution is -1.94. The molecule has 1 heterocycles. The first-order valence-corrected chi connectivity index (χ1v) is 3.90. The zero-order valence-corrected chi connectivity index (χ0v) is 6.52. The Morgan fingerprint density at radius 3 is 2.82 bits per heavy atom. The molecule has 0 N–H and O–H groups in total. The zero-order chi connectivity index (χ0) is 8.43. The highest BCUT2D eigenvalue weighted by Crippen LogP contribution is 2.07. The van der Waals surface area contributed by atoms with E-state index < -0.39 is 16.9 Å². The Hall–Kier alpha value is -0.810. The summed E-state index contributed by atoms with van der Waals surface area (Å²) in [7, 11) is 0. The fourth-order valence-electron chi connectivity index (χ4n) is 0.580. The van der Waals surface area contributed by atoms with Crippen LogP contribution in [0.4, 0.5) is 4.39 Å². The number of aryl methyl sites for hydroxylation is 1. The van der Waals surface area contributed by atoms with E-state index in [1.54, 1.807) is 0 Å². The maximum Gasteiger partial charge on any atom is 0.145 e. The average Bonchev–Trinajstić information content (AvgIpc) is 1.94. The van der Waals surface area contributed by atoms with E-state index in [0.29, 0.717) is 0 Å². The molecule has 1 rings (SSSR count). The number of aromatic nitrogens is 1. The topological polar surface area (TPSA) is 53.0 Å². The maximum atomic E-state index is 12.6. The van der Waals surface area contributed by atoms with Crippen molar-refractivity contribution in [3.05, 3.63) is 23.8 Å². The second-order valence-electron chi connectivity index (χ2n) is 1.97. The predicted molar refractivity (Wildman–Crippen MR) is 36.1 cm³/mol. The van der Waals surface area contributed by atoms with Crippen LogP contribution in [0.2, 0.25) is 0 Å². The van der Waals surface area contributed by atoms with Crippen molar-refractivity contribution in [2.45, 2.75) is 11.8 Å². The first kappa shape index (κ1) is 8.29. The van der Waals surface area contributed by atoms with Crippen LogP contribution in [-0.2, 0) is 11.1 Å². The van der Waals surface area contributed by atoms with Crippen LogP contribution in [-0.4, -0.2) is 13.7 Å². The first-order chi connectivity index (χ1) is 5.11. The fraction of sp³-hybridized carbons (Fsp3) is 0.167. The SMILES string of the molecule is Cc1ncc(S(=O)[O-])cc1F. The molecule has 5 heteroatoms. The molecule has 0 fully saturated rings. The quantitative estimate of drug-likeness (QED) is 0.591. The van der Waals surface area contributed by atoms with Crippen molar-refractivity contribution >= 4 is 11.1 Å². The number of rotatable bonds is 1. The Kier molecular flexibility index (Phi) is 2.31. The van der Waals surface area contributed by atoms with Crippen LogP contribution in [0.3, 0.4) is 0 Å². The van der Waals surface area contributed by atoms with E-state index in [2.05, 4.69) is 4.98 Å². The second-order valence-corrected chi connectivity index (χ2v) is 2.91. The molecule has 1 aromatic rings. The van der Waals surface area contributed by atoms with Gasteiger partial charge in [-0.05, 0) is 24.1 Å². The number of nitrogens with zero attached hydrogens (tertiary/aromatic N) is 1. The van der Waals surface area contributed by atoms with Gasteiger partial charge in [-0.2, -0.15) is 0 Å². The van der Waals surface area contributed by atoms with Gasteiger partial charge in [0.25, 0.3) is 0 Å². The lowest BCUT2D eigenvalue weighted by Gasteiger charge is -2.04. The number of pyridine rings is 1. The van der Waals surface area contributed by atoms with Crippen LogP contribution in [0, 0.1) is 12.7 Å². The molecule has 60 valence electrons. The third-order valence-corrected chi connectivity index (χ3v) is 1.80. The second kappa shape index (κ2) is 3.06. The summed E-state index contributed by atoms with van der Waals surface area (Å²) in [4.78, 5) is 3.40. The minimum atomic E-state index is -2.40. The van der Waals surface area contributed by atoms with Gasteiger partial charge in [-0.3, -0.25) is 9.19 Å². The van der Waals surface area contributed by atoms with Crippen molar-refractivity contribution in [2.24, 2.45) is 0 Å². The third-order valence-electron chi connectivity index (χ3n) is 1.19. The summed E-state index contributed by atoms with van der Waals surface area (Å²) in [5, 5.41) is 0. The van der Waals surface area contributed by atoms with Gasteiger partial charge in [-0.25, -0.2) is 4.39 Å². The summed E-state index contributed by atoms with van der Waals surface area (Å²) in [6.45, 7) is 1.47. The Labute approximate surface area is 65.6 Å². The molecule has 1 aromatic heterocycles. The third kappa shape index (κ3) is 1.81. The van der Waals surface area contributed by atoms with E-state index in [1.165, 1.54) is 6.92 Å². The van der Waals surface area contributed by atoms with E-state index in [1.807, 2.05) is 0 Å². The van der Waals surface area contributed by atoms with Gasteiger partial charge in [0.15, 0.2) is 0 Å². The minimum Gasteiger partial charge on any atom is -0.768 e. The molecule has 1 unspecified atom stereocenters. The van der Waals surface area contributed by atoms with E-state index in [4.69, 9.17) is 0 Å². The molecule has 0 aliphatic rings. The molecule has 0 spiro atoms. The molecule has 0 aromatic carbocycles. The molecule has 0 saturated heterocycles. The summed E-state index contributed by atoms with van der Waals surface area (Å²) in [5.41, 5.74) is 0.194. The lowest BCUT2D eigenvalue weighted by molar-refractivity contribution is 0.533. The Morgan fingerprint density at radius 2 is 2.36 bits per heavy atom. The van der Waals surface area contributed by atoms with Crippen molar-refractivity contribution in [1.82, 2.24) is 4.98 Å². The molecular weight excluding hydrogens is 169 g/mol. The zero-order valence-electron chi connectivity index (χ0n) is 5.70. The molecule has 3 nitrogen and oxygen atoms in total. The van der Waals surface area contributed by atoms with Crippen LogP contribution >= 0.6 is 0 Å². The summed E-state index contributed by atoms with van der Waals surface area (Å²) in [5.74, 6) is -0.605. The van der Waals surface area contributed by atoms with E-state index >= 15 is 0 Å². The minimum absolute atomic E-state index is 0.131. The summed E-state index contributed by atoms with van der Waals surface area (Å²) >= 11 is -2.40. The predicted octanol–water partition coefficient (Wildman–Crippen LogP) is 0.767. The van der Waals surface area contributed by atoms with E-state index in [9.17, 15) is 13.2 Å². The van der Waals surface area contributed by atoms with Gasteiger partial charge >= 0.3 is 0 Å². The van der Waals surface area contributed by atoms with Gasteiger partial charge < -0.3 is 4.55 Å². The summed E-state index contributed by atoms with van der Waals surface area (Å²) < 4.78 is 33.1. The summed E-state index contributed by atoms with van der Waals surface area (Å²) in [6, 6.07) is 0.936. The number of halogens is 1. The molecule has 1 atom stereocenters. The van der Waals surface area contributed by atoms with Crippen molar-refractivity contribution in [3.63, 3.8) is 0 Å². The summed E-state index contributed by atoms with van der Waals surface area (Å²) in [6.07, 6.45) is 1.11. The number of hydrogen-bond acceptors (Lipinski definition) is 3. The highest BCUT2D eigenvalue weighted by atomic mass is 32.2. The van der Waals surface area contributed by atoms with Crippen LogP contribution in [0.15, 0.2) is 17.2 Å². The fourth-order valence-corrected chi connectivity index (χ4v) is 0.918. The van der Waals surface area contributed by atoms with Gasteiger partial charge in [0, 0.05) is 11.1 Å². The van der Waals surface area contributed by atoms with Crippen LogP contribution < -0.4 is 0 Å². The van der Waals surface area contributed by atoms with Crippen LogP contribution in [0.5, 0.6) is 0 Å². The van der Waals surface area contributed by atoms with Gasteiger partial charge in [0.05, 0.1) is 5.69 Å². The standard InChI is InChI=1S/C6H6FNO2S/c1-4-6(7)2-5(3-8-4)11(9)10/h2-3H,1H3,(H,9,10)/p-1. The lowest BCUT2D eigenvalue weighted by atomic mass is 10.4. The van der Waals surface area contributed by atoms with Crippen LogP contribution in [0.25, 0.3) is 0 Å². The molecule has 0 aliphatic carbocycles. The smallest absolute Gasteiger partial charge is 0.145 e. The van der Waals surface area contributed by atoms with Gasteiger partial charge in [-0.1, -0.05) is 0 Å². The molecule has 11 heavy (non-hydrogen) atoms. The van der Waals surface area contributed by atoms with Crippen molar-refractivity contribution in [2.75, 3.05) is 0 Å². The number of hydrogen-bond donors (Lipinski definition) is 0. The first-order valence-electron chi connectivity index (χ1n) is 2.82. The Bertz CT molecular complexity index is 303. The largest absolute Gasteiger partial charge is 0.768 e. The highest BCUT2D eigenvalue weighted by molar-refractivity contribution is 7.79. The average molecular weight is 174 g/mol. The normalized spacial score (nSPS) is 13.0. The molecule has 0 saturated carbocycles. The van der Waals surface area contributed by atoms with Crippen molar-refractivity contribution in [3.8, 4) is 0 Å². The molecule has 0 aliphatic heterocycles. The molecular formula is C6H5FNO2S-. The Balaban J connectivity index is 3.15. The van der Waals surface area contributed by atoms with Gasteiger partial charge in [0.1, 0.15) is 5.82 Å². The van der Waals surface area contributed by atoms with Gasteiger partial charge in [-0.15, -0.1) is 0 Å². The highest BCUT2D eigenvalue weighted by Gasteiger charge is 1.99.